The summed E-state index contributed by atoms with van der Waals surface area (Å²) < 4.78 is 49.3. The van der Waals surface area contributed by atoms with Gasteiger partial charge in [-0.3, -0.25) is 9.59 Å². The van der Waals surface area contributed by atoms with Crippen LogP contribution in [-0.2, 0) is 6.18 Å². The normalized spacial score (nSPS) is 11.9. The fourth-order valence-electron chi connectivity index (χ4n) is 2.69. The largest absolute Gasteiger partial charge is 0.451 e. The quantitative estimate of drug-likeness (QED) is 0.432. The zero-order chi connectivity index (χ0) is 20.1. The van der Waals surface area contributed by atoms with Crippen molar-refractivity contribution in [2.45, 2.75) is 6.18 Å². The standard InChI is InChI=1S/C19H9BrF3NO4/c20-10-1-3-14-9(5-10)6-16(27-14)18(26)24-11-2-4-15-12(7-11)13(25)8-17(28-15)19(21,22)23/h1-8H,(H,24,26). The number of fused-ring (bicyclic) bond motifs is 2. The van der Waals surface area contributed by atoms with Crippen LogP contribution in [0.15, 0.2) is 66.6 Å². The highest BCUT2D eigenvalue weighted by atomic mass is 79.9. The lowest BCUT2D eigenvalue weighted by molar-refractivity contribution is -0.152. The van der Waals surface area contributed by atoms with Gasteiger partial charge in [0.15, 0.2) is 11.2 Å². The summed E-state index contributed by atoms with van der Waals surface area (Å²) in [6, 6.07) is 11.0. The zero-order valence-electron chi connectivity index (χ0n) is 13.8. The molecule has 2 aromatic heterocycles. The molecule has 0 radical (unpaired) electrons. The third-order valence-corrected chi connectivity index (χ3v) is 4.46. The van der Waals surface area contributed by atoms with Crippen LogP contribution < -0.4 is 10.7 Å². The van der Waals surface area contributed by atoms with E-state index in [2.05, 4.69) is 21.2 Å². The molecule has 1 amide bonds. The highest BCUT2D eigenvalue weighted by Crippen LogP contribution is 2.30. The number of carbonyl (C=O) groups excluding carboxylic acids is 1. The summed E-state index contributed by atoms with van der Waals surface area (Å²) in [4.78, 5) is 24.4. The van der Waals surface area contributed by atoms with Crippen LogP contribution in [0.5, 0.6) is 0 Å². The predicted octanol–water partition coefficient (Wildman–Crippen LogP) is 5.57. The van der Waals surface area contributed by atoms with E-state index in [-0.39, 0.29) is 22.4 Å². The molecule has 0 saturated heterocycles. The van der Waals surface area contributed by atoms with Gasteiger partial charge in [-0.1, -0.05) is 15.9 Å². The van der Waals surface area contributed by atoms with Gasteiger partial charge in [0.25, 0.3) is 5.91 Å². The molecule has 0 aliphatic heterocycles. The number of amides is 1. The van der Waals surface area contributed by atoms with Gasteiger partial charge in [0.2, 0.25) is 5.76 Å². The lowest BCUT2D eigenvalue weighted by Gasteiger charge is -2.08. The first kappa shape index (κ1) is 18.3. The Hall–Kier alpha value is -3.07. The minimum atomic E-state index is -4.77. The highest BCUT2D eigenvalue weighted by Gasteiger charge is 2.34. The Kier molecular flexibility index (Phi) is 4.26. The third-order valence-electron chi connectivity index (χ3n) is 3.97. The lowest BCUT2D eigenvalue weighted by Crippen LogP contribution is -2.13. The molecule has 2 heterocycles. The molecule has 2 aromatic carbocycles. The Balaban J connectivity index is 1.66. The molecule has 0 fully saturated rings. The van der Waals surface area contributed by atoms with E-state index in [1.807, 2.05) is 0 Å². The van der Waals surface area contributed by atoms with Crippen molar-refractivity contribution in [3.8, 4) is 0 Å². The molecule has 1 N–H and O–H groups in total. The van der Waals surface area contributed by atoms with Crippen molar-refractivity contribution >= 4 is 49.5 Å². The molecule has 28 heavy (non-hydrogen) atoms. The predicted molar refractivity (Wildman–Crippen MR) is 99.4 cm³/mol. The molecule has 0 aliphatic rings. The van der Waals surface area contributed by atoms with Crippen molar-refractivity contribution in [3.63, 3.8) is 0 Å². The summed E-state index contributed by atoms with van der Waals surface area (Å²) >= 11 is 3.33. The van der Waals surface area contributed by atoms with E-state index < -0.39 is 23.3 Å². The molecule has 5 nitrogen and oxygen atoms in total. The summed E-state index contributed by atoms with van der Waals surface area (Å²) in [5.41, 5.74) is -0.358. The van der Waals surface area contributed by atoms with Gasteiger partial charge in [-0.15, -0.1) is 0 Å². The average Bonchev–Trinajstić information content (AvgIpc) is 3.04. The molecule has 0 spiro atoms. The fraction of sp³-hybridized carbons (Fsp3) is 0.0526. The van der Waals surface area contributed by atoms with Gasteiger partial charge in [0.1, 0.15) is 11.2 Å². The van der Waals surface area contributed by atoms with Crippen LogP contribution in [0.4, 0.5) is 18.9 Å². The number of alkyl halides is 3. The maximum Gasteiger partial charge on any atom is 0.449 e. The molecular formula is C19H9BrF3NO4. The van der Waals surface area contributed by atoms with E-state index in [0.717, 1.165) is 9.86 Å². The molecular weight excluding hydrogens is 443 g/mol. The second kappa shape index (κ2) is 6.52. The minimum absolute atomic E-state index is 0.0488. The molecule has 0 atom stereocenters. The molecule has 0 bridgehead atoms. The van der Waals surface area contributed by atoms with Crippen LogP contribution in [0.1, 0.15) is 16.3 Å². The number of furan rings is 1. The molecule has 4 rings (SSSR count). The number of halogens is 4. The van der Waals surface area contributed by atoms with E-state index >= 15 is 0 Å². The number of anilines is 1. The van der Waals surface area contributed by atoms with E-state index in [4.69, 9.17) is 8.83 Å². The Morgan fingerprint density at radius 2 is 1.71 bits per heavy atom. The summed E-state index contributed by atoms with van der Waals surface area (Å²) in [5.74, 6) is -1.90. The van der Waals surface area contributed by atoms with Gasteiger partial charge in [0.05, 0.1) is 5.39 Å². The van der Waals surface area contributed by atoms with Gasteiger partial charge in [0, 0.05) is 21.6 Å². The first-order valence-corrected chi connectivity index (χ1v) is 8.65. The van der Waals surface area contributed by atoms with Crippen molar-refractivity contribution in [2.75, 3.05) is 5.32 Å². The summed E-state index contributed by atoms with van der Waals surface area (Å²) in [6.45, 7) is 0. The van der Waals surface area contributed by atoms with Crippen LogP contribution in [0.2, 0.25) is 0 Å². The maximum absolute atomic E-state index is 12.7. The van der Waals surface area contributed by atoms with Crippen molar-refractivity contribution in [2.24, 2.45) is 0 Å². The SMILES string of the molecule is O=C(Nc1ccc2oc(C(F)(F)F)cc(=O)c2c1)c1cc2cc(Br)ccc2o1. The minimum Gasteiger partial charge on any atom is -0.451 e. The number of hydrogen-bond acceptors (Lipinski definition) is 4. The molecule has 0 unspecified atom stereocenters. The maximum atomic E-state index is 12.7. The van der Waals surface area contributed by atoms with Crippen molar-refractivity contribution in [1.29, 1.82) is 0 Å². The topological polar surface area (TPSA) is 72.5 Å². The van der Waals surface area contributed by atoms with Crippen LogP contribution in [-0.4, -0.2) is 5.91 Å². The van der Waals surface area contributed by atoms with Crippen LogP contribution in [0.3, 0.4) is 0 Å². The van der Waals surface area contributed by atoms with Crippen molar-refractivity contribution in [3.05, 3.63) is 74.7 Å². The number of nitrogens with one attached hydrogen (secondary N) is 1. The van der Waals surface area contributed by atoms with Gasteiger partial charge < -0.3 is 14.2 Å². The average molecular weight is 452 g/mol. The molecule has 0 aliphatic carbocycles. The molecule has 4 aromatic rings. The Labute approximate surface area is 162 Å². The third kappa shape index (κ3) is 3.40. The second-order valence-electron chi connectivity index (χ2n) is 5.93. The summed E-state index contributed by atoms with van der Waals surface area (Å²) in [7, 11) is 0. The van der Waals surface area contributed by atoms with E-state index in [0.29, 0.717) is 11.6 Å². The first-order chi connectivity index (χ1) is 13.2. The zero-order valence-corrected chi connectivity index (χ0v) is 15.3. The Morgan fingerprint density at radius 3 is 2.46 bits per heavy atom. The molecule has 0 saturated carbocycles. The highest BCUT2D eigenvalue weighted by molar-refractivity contribution is 9.10. The molecule has 142 valence electrons. The van der Waals surface area contributed by atoms with E-state index in [9.17, 15) is 22.8 Å². The summed E-state index contributed by atoms with van der Waals surface area (Å²) in [5, 5.41) is 3.19. The number of rotatable bonds is 2. The van der Waals surface area contributed by atoms with E-state index in [1.165, 1.54) is 18.2 Å². The molecule has 9 heteroatoms. The van der Waals surface area contributed by atoms with E-state index in [1.54, 1.807) is 24.3 Å². The van der Waals surface area contributed by atoms with Gasteiger partial charge >= 0.3 is 6.18 Å². The number of carbonyl (C=O) groups is 1. The van der Waals surface area contributed by atoms with Crippen molar-refractivity contribution < 1.29 is 26.8 Å². The number of benzene rings is 2. The Morgan fingerprint density at radius 1 is 0.964 bits per heavy atom. The van der Waals surface area contributed by atoms with Gasteiger partial charge in [-0.25, -0.2) is 0 Å². The fourth-order valence-corrected chi connectivity index (χ4v) is 3.07. The summed E-state index contributed by atoms with van der Waals surface area (Å²) in [6.07, 6.45) is -4.77. The van der Waals surface area contributed by atoms with Gasteiger partial charge in [-0.05, 0) is 42.5 Å². The number of hydrogen-bond donors (Lipinski definition) is 1. The van der Waals surface area contributed by atoms with Crippen molar-refractivity contribution in [1.82, 2.24) is 0 Å². The lowest BCUT2D eigenvalue weighted by atomic mass is 10.2. The second-order valence-corrected chi connectivity index (χ2v) is 6.85. The first-order valence-electron chi connectivity index (χ1n) is 7.86. The Bertz CT molecular complexity index is 1290. The van der Waals surface area contributed by atoms with Gasteiger partial charge in [-0.2, -0.15) is 13.2 Å². The van der Waals surface area contributed by atoms with Crippen LogP contribution >= 0.6 is 15.9 Å². The van der Waals surface area contributed by atoms with Crippen LogP contribution in [0.25, 0.3) is 21.9 Å². The smallest absolute Gasteiger partial charge is 0.449 e. The monoisotopic (exact) mass is 451 g/mol. The van der Waals surface area contributed by atoms with Crippen LogP contribution in [0, 0.1) is 0 Å².